The summed E-state index contributed by atoms with van der Waals surface area (Å²) in [6.07, 6.45) is 8.74. The SMILES string of the molecule is CCNC(=NCCN(CCOC)C1CC1)NC1CCC(SC)C1.I. The summed E-state index contributed by atoms with van der Waals surface area (Å²) >= 11 is 2.00. The van der Waals surface area contributed by atoms with Gasteiger partial charge >= 0.3 is 0 Å². The second-order valence-electron chi connectivity index (χ2n) is 6.53. The summed E-state index contributed by atoms with van der Waals surface area (Å²) in [5, 5.41) is 7.83. The fourth-order valence-electron chi connectivity index (χ4n) is 3.21. The van der Waals surface area contributed by atoms with Crippen molar-refractivity contribution in [1.82, 2.24) is 15.5 Å². The van der Waals surface area contributed by atoms with Crippen molar-refractivity contribution in [2.45, 2.75) is 56.4 Å². The van der Waals surface area contributed by atoms with Gasteiger partial charge in [-0.15, -0.1) is 24.0 Å². The molecule has 0 aromatic carbocycles. The molecule has 24 heavy (non-hydrogen) atoms. The largest absolute Gasteiger partial charge is 0.383 e. The zero-order valence-electron chi connectivity index (χ0n) is 15.4. The Balaban J connectivity index is 0.00000288. The van der Waals surface area contributed by atoms with E-state index in [4.69, 9.17) is 9.73 Å². The van der Waals surface area contributed by atoms with E-state index in [0.29, 0.717) is 6.04 Å². The van der Waals surface area contributed by atoms with Gasteiger partial charge in [-0.1, -0.05) is 0 Å². The van der Waals surface area contributed by atoms with Gasteiger partial charge in [0.15, 0.2) is 5.96 Å². The minimum absolute atomic E-state index is 0. The van der Waals surface area contributed by atoms with Gasteiger partial charge in [-0.2, -0.15) is 11.8 Å². The van der Waals surface area contributed by atoms with E-state index in [0.717, 1.165) is 50.0 Å². The van der Waals surface area contributed by atoms with Gasteiger partial charge in [-0.05, 0) is 45.3 Å². The first-order valence-electron chi connectivity index (χ1n) is 9.07. The van der Waals surface area contributed by atoms with Crippen molar-refractivity contribution in [3.8, 4) is 0 Å². The quantitative estimate of drug-likeness (QED) is 0.292. The first-order chi connectivity index (χ1) is 11.3. The van der Waals surface area contributed by atoms with Gasteiger partial charge in [0.2, 0.25) is 0 Å². The number of methoxy groups -OCH3 is 1. The molecule has 0 aromatic rings. The van der Waals surface area contributed by atoms with Crippen LogP contribution >= 0.6 is 35.7 Å². The molecular formula is C17H35IN4OS. The molecule has 0 saturated heterocycles. The lowest BCUT2D eigenvalue weighted by Gasteiger charge is -2.21. The second kappa shape index (κ2) is 12.6. The number of thioether (sulfide) groups is 1. The van der Waals surface area contributed by atoms with Crippen molar-refractivity contribution in [2.75, 3.05) is 46.2 Å². The van der Waals surface area contributed by atoms with Crippen LogP contribution in [0.25, 0.3) is 0 Å². The third-order valence-electron chi connectivity index (χ3n) is 4.71. The van der Waals surface area contributed by atoms with Crippen LogP contribution in [0.3, 0.4) is 0 Å². The molecule has 0 aliphatic heterocycles. The normalized spacial score (nSPS) is 24.1. The van der Waals surface area contributed by atoms with Gasteiger partial charge in [0.1, 0.15) is 0 Å². The number of hydrogen-bond donors (Lipinski definition) is 2. The van der Waals surface area contributed by atoms with E-state index in [2.05, 4.69) is 28.7 Å². The highest BCUT2D eigenvalue weighted by Gasteiger charge is 2.28. The lowest BCUT2D eigenvalue weighted by molar-refractivity contribution is 0.145. The maximum Gasteiger partial charge on any atom is 0.191 e. The summed E-state index contributed by atoms with van der Waals surface area (Å²) in [5.41, 5.74) is 0. The van der Waals surface area contributed by atoms with E-state index in [1.807, 2.05) is 11.8 Å². The average molecular weight is 470 g/mol. The van der Waals surface area contributed by atoms with Crippen molar-refractivity contribution in [3.63, 3.8) is 0 Å². The lowest BCUT2D eigenvalue weighted by atomic mass is 10.2. The summed E-state index contributed by atoms with van der Waals surface area (Å²) < 4.78 is 5.22. The van der Waals surface area contributed by atoms with E-state index in [9.17, 15) is 0 Å². The summed E-state index contributed by atoms with van der Waals surface area (Å²) in [6.45, 7) is 6.78. The second-order valence-corrected chi connectivity index (χ2v) is 7.67. The molecular weight excluding hydrogens is 435 g/mol. The number of nitrogens with one attached hydrogen (secondary N) is 2. The fourth-order valence-corrected chi connectivity index (χ4v) is 4.01. The van der Waals surface area contributed by atoms with Crippen LogP contribution in [0.4, 0.5) is 0 Å². The molecule has 2 fully saturated rings. The minimum Gasteiger partial charge on any atom is -0.383 e. The maximum atomic E-state index is 5.22. The van der Waals surface area contributed by atoms with Gasteiger partial charge < -0.3 is 15.4 Å². The van der Waals surface area contributed by atoms with Crippen molar-refractivity contribution >= 4 is 41.7 Å². The molecule has 0 bridgehead atoms. The molecule has 7 heteroatoms. The number of nitrogens with zero attached hydrogens (tertiary/aromatic N) is 2. The van der Waals surface area contributed by atoms with Crippen LogP contribution in [-0.2, 0) is 4.74 Å². The predicted octanol–water partition coefficient (Wildman–Crippen LogP) is 2.55. The molecule has 2 rings (SSSR count). The zero-order chi connectivity index (χ0) is 16.5. The van der Waals surface area contributed by atoms with Crippen LogP contribution in [0.15, 0.2) is 4.99 Å². The van der Waals surface area contributed by atoms with Gasteiger partial charge in [-0.25, -0.2) is 0 Å². The highest BCUT2D eigenvalue weighted by Crippen LogP contribution is 2.28. The smallest absolute Gasteiger partial charge is 0.191 e. The standard InChI is InChI=1S/C17H34N4OS.HI/c1-4-18-17(20-14-5-8-16(13-14)23-3)19-9-10-21(11-12-22-2)15-6-7-15;/h14-16H,4-13H2,1-3H3,(H2,18,19,20);1H. The van der Waals surface area contributed by atoms with Gasteiger partial charge in [-0.3, -0.25) is 9.89 Å². The van der Waals surface area contributed by atoms with Gasteiger partial charge in [0.05, 0.1) is 13.2 Å². The van der Waals surface area contributed by atoms with E-state index in [1.165, 1.54) is 32.1 Å². The third-order valence-corrected chi connectivity index (χ3v) is 5.80. The average Bonchev–Trinajstić information content (AvgIpc) is 3.30. The lowest BCUT2D eigenvalue weighted by Crippen LogP contribution is -2.43. The molecule has 0 amide bonds. The maximum absolute atomic E-state index is 5.22. The number of halogens is 1. The summed E-state index contributed by atoms with van der Waals surface area (Å²) in [5.74, 6) is 0.988. The predicted molar refractivity (Wildman–Crippen MR) is 116 cm³/mol. The summed E-state index contributed by atoms with van der Waals surface area (Å²) in [6, 6.07) is 1.35. The molecule has 2 aliphatic carbocycles. The number of guanidine groups is 1. The molecule has 5 nitrogen and oxygen atoms in total. The Bertz CT molecular complexity index is 368. The van der Waals surface area contributed by atoms with Crippen molar-refractivity contribution < 1.29 is 4.74 Å². The Morgan fingerprint density at radius 2 is 2.04 bits per heavy atom. The molecule has 2 saturated carbocycles. The molecule has 0 aromatic heterocycles. The number of hydrogen-bond acceptors (Lipinski definition) is 4. The summed E-state index contributed by atoms with van der Waals surface area (Å²) in [7, 11) is 1.78. The van der Waals surface area contributed by atoms with E-state index < -0.39 is 0 Å². The van der Waals surface area contributed by atoms with Crippen LogP contribution < -0.4 is 10.6 Å². The fraction of sp³-hybridized carbons (Fsp3) is 0.941. The highest BCUT2D eigenvalue weighted by atomic mass is 127. The molecule has 2 unspecified atom stereocenters. The van der Waals surface area contributed by atoms with Crippen LogP contribution in [0, 0.1) is 0 Å². The Hall–Kier alpha value is 0.270. The minimum atomic E-state index is 0. The molecule has 2 aliphatic rings. The van der Waals surface area contributed by atoms with Crippen LogP contribution in [0.5, 0.6) is 0 Å². The van der Waals surface area contributed by atoms with Crippen molar-refractivity contribution in [2.24, 2.45) is 4.99 Å². The van der Waals surface area contributed by atoms with E-state index in [-0.39, 0.29) is 24.0 Å². The molecule has 0 spiro atoms. The van der Waals surface area contributed by atoms with Gasteiger partial charge in [0.25, 0.3) is 0 Å². The third kappa shape index (κ3) is 8.10. The molecule has 0 heterocycles. The Morgan fingerprint density at radius 3 is 2.62 bits per heavy atom. The number of ether oxygens (including phenoxy) is 1. The molecule has 142 valence electrons. The first-order valence-corrected chi connectivity index (χ1v) is 10.4. The number of aliphatic imine (C=N–C) groups is 1. The number of rotatable bonds is 10. The molecule has 0 radical (unpaired) electrons. The summed E-state index contributed by atoms with van der Waals surface area (Å²) in [4.78, 5) is 7.31. The van der Waals surface area contributed by atoms with Crippen LogP contribution in [0.2, 0.25) is 0 Å². The Morgan fingerprint density at radius 1 is 1.25 bits per heavy atom. The topological polar surface area (TPSA) is 48.9 Å². The highest BCUT2D eigenvalue weighted by molar-refractivity contribution is 14.0. The van der Waals surface area contributed by atoms with Crippen molar-refractivity contribution in [1.29, 1.82) is 0 Å². The van der Waals surface area contributed by atoms with E-state index in [1.54, 1.807) is 7.11 Å². The molecule has 2 atom stereocenters. The van der Waals surface area contributed by atoms with Crippen molar-refractivity contribution in [3.05, 3.63) is 0 Å². The Kier molecular flexibility index (Phi) is 11.7. The van der Waals surface area contributed by atoms with Gasteiger partial charge in [0, 0.05) is 44.1 Å². The van der Waals surface area contributed by atoms with E-state index >= 15 is 0 Å². The van der Waals surface area contributed by atoms with Crippen LogP contribution in [-0.4, -0.2) is 74.3 Å². The van der Waals surface area contributed by atoms with Crippen LogP contribution in [0.1, 0.15) is 39.0 Å². The first kappa shape index (κ1) is 22.3. The zero-order valence-corrected chi connectivity index (χ0v) is 18.6. The molecule has 2 N–H and O–H groups in total. The monoisotopic (exact) mass is 470 g/mol. The Labute approximate surface area is 169 Å².